The molecule has 7 heteroatoms. The number of ether oxygens (including phenoxy) is 2. The molecule has 0 saturated heterocycles. The predicted octanol–water partition coefficient (Wildman–Crippen LogP) is 2.61. The van der Waals surface area contributed by atoms with Gasteiger partial charge in [0.05, 0.1) is 10.6 Å². The fourth-order valence-corrected chi connectivity index (χ4v) is 1.94. The maximum atomic E-state index is 11.1. The van der Waals surface area contributed by atoms with Gasteiger partial charge >= 0.3 is 11.1 Å². The van der Waals surface area contributed by atoms with Gasteiger partial charge < -0.3 is 13.9 Å². The van der Waals surface area contributed by atoms with Crippen LogP contribution in [0.3, 0.4) is 0 Å². The second kappa shape index (κ2) is 5.20. The Morgan fingerprint density at radius 1 is 1.47 bits per heavy atom. The average Bonchev–Trinajstić information content (AvgIpc) is 2.65. The van der Waals surface area contributed by atoms with Crippen molar-refractivity contribution < 1.29 is 18.7 Å². The van der Waals surface area contributed by atoms with E-state index in [9.17, 15) is 9.59 Å². The summed E-state index contributed by atoms with van der Waals surface area (Å²) in [5.41, 5.74) is 0.460. The predicted molar refractivity (Wildman–Crippen MR) is 63.1 cm³/mol. The first-order chi connectivity index (χ1) is 8.19. The molecule has 0 bridgehead atoms. The number of alkyl halides is 1. The van der Waals surface area contributed by atoms with Gasteiger partial charge in [-0.1, -0.05) is 11.3 Å². The van der Waals surface area contributed by atoms with E-state index < -0.39 is 11.1 Å². The van der Waals surface area contributed by atoms with Gasteiger partial charge in [-0.3, -0.25) is 0 Å². The van der Waals surface area contributed by atoms with Crippen LogP contribution in [0.1, 0.15) is 0 Å². The van der Waals surface area contributed by atoms with Crippen LogP contribution in [-0.2, 0) is 4.74 Å². The van der Waals surface area contributed by atoms with Gasteiger partial charge in [0.2, 0.25) is 0 Å². The summed E-state index contributed by atoms with van der Waals surface area (Å²) in [6.45, 7) is 0.0850. The molecule has 0 saturated carbocycles. The average molecular weight is 275 g/mol. The molecule has 1 aromatic heterocycles. The van der Waals surface area contributed by atoms with Gasteiger partial charge in [0.15, 0.2) is 0 Å². The van der Waals surface area contributed by atoms with Gasteiger partial charge in [0.25, 0.3) is 0 Å². The molecule has 2 aromatic rings. The summed E-state index contributed by atoms with van der Waals surface area (Å²) in [7, 11) is 0. The van der Waals surface area contributed by atoms with Crippen molar-refractivity contribution in [2.45, 2.75) is 0 Å². The Bertz CT molecular complexity index is 588. The molecule has 0 radical (unpaired) electrons. The summed E-state index contributed by atoms with van der Waals surface area (Å²) in [4.78, 5) is 21.7. The molecular formula is C10H7ClO5S. The van der Waals surface area contributed by atoms with Crippen LogP contribution >= 0.6 is 22.9 Å². The van der Waals surface area contributed by atoms with Crippen LogP contribution in [-0.4, -0.2) is 18.6 Å². The van der Waals surface area contributed by atoms with Gasteiger partial charge in [0.1, 0.15) is 17.9 Å². The zero-order chi connectivity index (χ0) is 12.3. The number of carbonyl (C=O) groups is 1. The molecule has 1 heterocycles. The molecule has 90 valence electrons. The SMILES string of the molecule is O=C(OCCCl)Oc1ccc2oc(=O)sc2c1. The van der Waals surface area contributed by atoms with Crippen molar-refractivity contribution in [2.75, 3.05) is 12.5 Å². The van der Waals surface area contributed by atoms with E-state index in [1.807, 2.05) is 0 Å². The quantitative estimate of drug-likeness (QED) is 0.489. The summed E-state index contributed by atoms with van der Waals surface area (Å²) in [5.74, 6) is 0.492. The molecule has 0 amide bonds. The van der Waals surface area contributed by atoms with E-state index in [1.165, 1.54) is 12.1 Å². The van der Waals surface area contributed by atoms with Crippen LogP contribution < -0.4 is 9.68 Å². The van der Waals surface area contributed by atoms with Gasteiger partial charge in [-0.2, -0.15) is 0 Å². The zero-order valence-electron chi connectivity index (χ0n) is 8.47. The molecular weight excluding hydrogens is 268 g/mol. The lowest BCUT2D eigenvalue weighted by molar-refractivity contribution is 0.105. The number of hydrogen-bond donors (Lipinski definition) is 0. The molecule has 0 atom stereocenters. The first-order valence-electron chi connectivity index (χ1n) is 4.63. The lowest BCUT2D eigenvalue weighted by Gasteiger charge is -2.03. The summed E-state index contributed by atoms with van der Waals surface area (Å²) < 4.78 is 15.0. The van der Waals surface area contributed by atoms with Crippen molar-refractivity contribution in [3.8, 4) is 5.75 Å². The third kappa shape index (κ3) is 2.98. The van der Waals surface area contributed by atoms with E-state index in [0.717, 1.165) is 11.3 Å². The minimum Gasteiger partial charge on any atom is -0.433 e. The van der Waals surface area contributed by atoms with E-state index >= 15 is 0 Å². The fourth-order valence-electron chi connectivity index (χ4n) is 1.16. The van der Waals surface area contributed by atoms with Crippen molar-refractivity contribution in [3.63, 3.8) is 0 Å². The highest BCUT2D eigenvalue weighted by Crippen LogP contribution is 2.23. The highest BCUT2D eigenvalue weighted by molar-refractivity contribution is 7.16. The fraction of sp³-hybridized carbons (Fsp3) is 0.200. The Morgan fingerprint density at radius 2 is 2.29 bits per heavy atom. The van der Waals surface area contributed by atoms with Crippen molar-refractivity contribution in [3.05, 3.63) is 27.9 Å². The van der Waals surface area contributed by atoms with E-state index in [-0.39, 0.29) is 18.2 Å². The van der Waals surface area contributed by atoms with Crippen molar-refractivity contribution in [1.29, 1.82) is 0 Å². The van der Waals surface area contributed by atoms with Crippen LogP contribution in [0.2, 0.25) is 0 Å². The standard InChI is InChI=1S/C10H7ClO5S/c11-3-4-14-9(12)15-6-1-2-7-8(5-6)17-10(13)16-7/h1-2,5H,3-4H2. The van der Waals surface area contributed by atoms with Crippen molar-refractivity contribution in [2.24, 2.45) is 0 Å². The maximum absolute atomic E-state index is 11.1. The molecule has 17 heavy (non-hydrogen) atoms. The number of rotatable bonds is 3. The van der Waals surface area contributed by atoms with E-state index in [2.05, 4.69) is 4.74 Å². The van der Waals surface area contributed by atoms with E-state index in [4.69, 9.17) is 20.8 Å². The van der Waals surface area contributed by atoms with Crippen molar-refractivity contribution >= 4 is 39.4 Å². The molecule has 0 aliphatic heterocycles. The molecule has 0 N–H and O–H groups in total. The minimum absolute atomic E-state index is 0.0850. The minimum atomic E-state index is -0.833. The number of hydrogen-bond acceptors (Lipinski definition) is 6. The molecule has 0 spiro atoms. The lowest BCUT2D eigenvalue weighted by atomic mass is 10.3. The normalized spacial score (nSPS) is 10.4. The largest absolute Gasteiger partial charge is 0.513 e. The third-order valence-electron chi connectivity index (χ3n) is 1.80. The highest BCUT2D eigenvalue weighted by Gasteiger charge is 2.08. The third-order valence-corrected chi connectivity index (χ3v) is 2.74. The number of carbonyl (C=O) groups excluding carboxylic acids is 1. The number of benzene rings is 1. The highest BCUT2D eigenvalue weighted by atomic mass is 35.5. The molecule has 5 nitrogen and oxygen atoms in total. The second-order valence-electron chi connectivity index (χ2n) is 2.95. The maximum Gasteiger partial charge on any atom is 0.513 e. The summed E-state index contributed by atoms with van der Waals surface area (Å²) in [6, 6.07) is 4.60. The smallest absolute Gasteiger partial charge is 0.433 e. The van der Waals surface area contributed by atoms with Crippen LogP contribution in [0.5, 0.6) is 5.75 Å². The second-order valence-corrected chi connectivity index (χ2v) is 4.31. The molecule has 1 aromatic carbocycles. The summed E-state index contributed by atoms with van der Waals surface area (Å²) in [6.07, 6.45) is -0.833. The van der Waals surface area contributed by atoms with Gasteiger partial charge in [-0.15, -0.1) is 11.6 Å². The first kappa shape index (κ1) is 11.9. The Morgan fingerprint density at radius 3 is 3.06 bits per heavy atom. The molecule has 0 aliphatic carbocycles. The topological polar surface area (TPSA) is 65.7 Å². The zero-order valence-corrected chi connectivity index (χ0v) is 10.0. The number of fused-ring (bicyclic) bond motifs is 1. The summed E-state index contributed by atoms with van der Waals surface area (Å²) in [5, 5.41) is 0. The molecule has 2 rings (SSSR count). The Balaban J connectivity index is 2.13. The molecule has 0 aliphatic rings. The Kier molecular flexibility index (Phi) is 3.65. The first-order valence-corrected chi connectivity index (χ1v) is 5.98. The summed E-state index contributed by atoms with van der Waals surface area (Å²) >= 11 is 6.29. The van der Waals surface area contributed by atoms with E-state index in [0.29, 0.717) is 10.3 Å². The number of halogens is 1. The van der Waals surface area contributed by atoms with Crippen LogP contribution in [0, 0.1) is 0 Å². The van der Waals surface area contributed by atoms with Crippen LogP contribution in [0.15, 0.2) is 27.4 Å². The Labute approximate surface area is 105 Å². The van der Waals surface area contributed by atoms with Crippen LogP contribution in [0.4, 0.5) is 4.79 Å². The molecule has 0 fully saturated rings. The Hall–Kier alpha value is -1.53. The van der Waals surface area contributed by atoms with E-state index in [1.54, 1.807) is 6.07 Å². The van der Waals surface area contributed by atoms with Gasteiger partial charge in [-0.25, -0.2) is 9.59 Å². The van der Waals surface area contributed by atoms with Gasteiger partial charge in [0, 0.05) is 6.07 Å². The molecule has 0 unspecified atom stereocenters. The lowest BCUT2D eigenvalue weighted by Crippen LogP contribution is -2.11. The monoisotopic (exact) mass is 274 g/mol. The van der Waals surface area contributed by atoms with Crippen LogP contribution in [0.25, 0.3) is 10.3 Å². The van der Waals surface area contributed by atoms with Gasteiger partial charge in [-0.05, 0) is 12.1 Å². The van der Waals surface area contributed by atoms with Crippen molar-refractivity contribution in [1.82, 2.24) is 0 Å².